The van der Waals surface area contributed by atoms with Crippen LogP contribution in [0.3, 0.4) is 0 Å². The van der Waals surface area contributed by atoms with Gasteiger partial charge in [0.05, 0.1) is 4.92 Å². The Morgan fingerprint density at radius 2 is 1.81 bits per heavy atom. The highest BCUT2D eigenvalue weighted by atomic mass is 16.6. The Hall–Kier alpha value is -2.56. The third-order valence-corrected chi connectivity index (χ3v) is 3.19. The number of non-ortho nitro benzene ring substituents is 1. The average molecular weight is 285 g/mol. The van der Waals surface area contributed by atoms with E-state index in [4.69, 9.17) is 0 Å². The molecule has 2 N–H and O–H groups in total. The molecule has 5 heteroatoms. The predicted octanol–water partition coefficient (Wildman–Crippen LogP) is 4.33. The van der Waals surface area contributed by atoms with Crippen molar-refractivity contribution in [1.29, 1.82) is 0 Å². The van der Waals surface area contributed by atoms with Gasteiger partial charge in [0, 0.05) is 35.7 Å². The molecule has 0 radical (unpaired) electrons. The number of nitrogens with zero attached hydrogens (tertiary/aromatic N) is 1. The highest BCUT2D eigenvalue weighted by Crippen LogP contribution is 2.28. The Labute approximate surface area is 124 Å². The summed E-state index contributed by atoms with van der Waals surface area (Å²) in [7, 11) is 0. The maximum Gasteiger partial charge on any atom is 0.273 e. The summed E-state index contributed by atoms with van der Waals surface area (Å²) in [6, 6.07) is 12.9. The van der Waals surface area contributed by atoms with Gasteiger partial charge < -0.3 is 10.6 Å². The van der Waals surface area contributed by atoms with Gasteiger partial charge in [0.2, 0.25) is 0 Å². The molecule has 2 aromatic rings. The SMILES string of the molecule is CCNc1cc(Nc2ccccc2CC)cc([N+](=O)[O-])c1. The minimum atomic E-state index is -0.377. The highest BCUT2D eigenvalue weighted by molar-refractivity contribution is 5.70. The molecule has 21 heavy (non-hydrogen) atoms. The summed E-state index contributed by atoms with van der Waals surface area (Å²) in [4.78, 5) is 10.7. The molecule has 0 aromatic heterocycles. The molecule has 0 heterocycles. The van der Waals surface area contributed by atoms with Crippen molar-refractivity contribution in [3.8, 4) is 0 Å². The summed E-state index contributed by atoms with van der Waals surface area (Å²) in [5.74, 6) is 0. The van der Waals surface area contributed by atoms with Crippen molar-refractivity contribution in [2.75, 3.05) is 17.2 Å². The van der Waals surface area contributed by atoms with Gasteiger partial charge in [-0.3, -0.25) is 10.1 Å². The first-order valence-corrected chi connectivity index (χ1v) is 7.02. The normalized spacial score (nSPS) is 10.2. The lowest BCUT2D eigenvalue weighted by Crippen LogP contribution is -2.01. The lowest BCUT2D eigenvalue weighted by molar-refractivity contribution is -0.384. The number of nitro groups is 1. The summed E-state index contributed by atoms with van der Waals surface area (Å²) >= 11 is 0. The second kappa shape index (κ2) is 6.74. The largest absolute Gasteiger partial charge is 0.385 e. The molecular weight excluding hydrogens is 266 g/mol. The fraction of sp³-hybridized carbons (Fsp3) is 0.250. The van der Waals surface area contributed by atoms with E-state index in [1.807, 2.05) is 37.3 Å². The molecule has 5 nitrogen and oxygen atoms in total. The van der Waals surface area contributed by atoms with Gasteiger partial charge in [-0.25, -0.2) is 0 Å². The molecule has 0 saturated carbocycles. The average Bonchev–Trinajstić information content (AvgIpc) is 2.48. The van der Waals surface area contributed by atoms with Crippen LogP contribution in [0.1, 0.15) is 19.4 Å². The van der Waals surface area contributed by atoms with E-state index in [0.29, 0.717) is 12.2 Å². The number of anilines is 3. The van der Waals surface area contributed by atoms with E-state index in [1.165, 1.54) is 5.56 Å². The van der Waals surface area contributed by atoms with E-state index < -0.39 is 0 Å². The Balaban J connectivity index is 2.36. The van der Waals surface area contributed by atoms with Crippen molar-refractivity contribution in [2.24, 2.45) is 0 Å². The molecule has 0 atom stereocenters. The van der Waals surface area contributed by atoms with Crippen LogP contribution in [-0.2, 0) is 6.42 Å². The highest BCUT2D eigenvalue weighted by Gasteiger charge is 2.10. The number of hydrogen-bond donors (Lipinski definition) is 2. The molecule has 2 rings (SSSR count). The van der Waals surface area contributed by atoms with Crippen LogP contribution >= 0.6 is 0 Å². The Kier molecular flexibility index (Phi) is 4.77. The third-order valence-electron chi connectivity index (χ3n) is 3.19. The van der Waals surface area contributed by atoms with E-state index >= 15 is 0 Å². The number of para-hydroxylation sites is 1. The smallest absolute Gasteiger partial charge is 0.273 e. The summed E-state index contributed by atoms with van der Waals surface area (Å²) in [6.45, 7) is 4.75. The zero-order chi connectivity index (χ0) is 15.2. The van der Waals surface area contributed by atoms with Crippen LogP contribution in [0.5, 0.6) is 0 Å². The molecule has 0 fully saturated rings. The first-order chi connectivity index (χ1) is 10.1. The standard InChI is InChI=1S/C16H19N3O2/c1-3-12-7-5-6-8-16(12)18-14-9-13(17-4-2)10-15(11-14)19(20)21/h5-11,17-18H,3-4H2,1-2H3. The van der Waals surface area contributed by atoms with Crippen LogP contribution in [0.4, 0.5) is 22.7 Å². The van der Waals surface area contributed by atoms with Gasteiger partial charge in [-0.05, 0) is 31.0 Å². The quantitative estimate of drug-likeness (QED) is 0.612. The second-order valence-corrected chi connectivity index (χ2v) is 4.69. The number of nitrogens with one attached hydrogen (secondary N) is 2. The fourth-order valence-electron chi connectivity index (χ4n) is 2.20. The number of aryl methyl sites for hydroxylation is 1. The molecule has 0 unspecified atom stereocenters. The van der Waals surface area contributed by atoms with Gasteiger partial charge in [0.15, 0.2) is 0 Å². The van der Waals surface area contributed by atoms with Gasteiger partial charge in [0.25, 0.3) is 5.69 Å². The van der Waals surface area contributed by atoms with Crippen molar-refractivity contribution >= 4 is 22.7 Å². The van der Waals surface area contributed by atoms with Crippen LogP contribution in [0.2, 0.25) is 0 Å². The predicted molar refractivity (Wildman–Crippen MR) is 86.4 cm³/mol. The van der Waals surface area contributed by atoms with Gasteiger partial charge in [0.1, 0.15) is 0 Å². The molecular formula is C16H19N3O2. The maximum atomic E-state index is 11.0. The number of benzene rings is 2. The second-order valence-electron chi connectivity index (χ2n) is 4.69. The Morgan fingerprint density at radius 1 is 1.10 bits per heavy atom. The van der Waals surface area contributed by atoms with Crippen molar-refractivity contribution in [3.63, 3.8) is 0 Å². The van der Waals surface area contributed by atoms with Crippen LogP contribution < -0.4 is 10.6 Å². The van der Waals surface area contributed by atoms with Crippen LogP contribution in [-0.4, -0.2) is 11.5 Å². The molecule has 110 valence electrons. The van der Waals surface area contributed by atoms with Crippen LogP contribution in [0.15, 0.2) is 42.5 Å². The molecule has 0 aliphatic heterocycles. The van der Waals surface area contributed by atoms with E-state index in [-0.39, 0.29) is 10.6 Å². The van der Waals surface area contributed by atoms with E-state index in [1.54, 1.807) is 12.1 Å². The van der Waals surface area contributed by atoms with Crippen LogP contribution in [0.25, 0.3) is 0 Å². The fourth-order valence-corrected chi connectivity index (χ4v) is 2.20. The third kappa shape index (κ3) is 3.72. The first kappa shape index (κ1) is 14.8. The minimum absolute atomic E-state index is 0.0740. The zero-order valence-corrected chi connectivity index (χ0v) is 12.2. The molecule has 0 saturated heterocycles. The number of rotatable bonds is 6. The van der Waals surface area contributed by atoms with E-state index in [2.05, 4.69) is 17.6 Å². The van der Waals surface area contributed by atoms with Crippen molar-refractivity contribution in [1.82, 2.24) is 0 Å². The van der Waals surface area contributed by atoms with E-state index in [0.717, 1.165) is 17.8 Å². The molecule has 0 spiro atoms. The molecule has 0 bridgehead atoms. The first-order valence-electron chi connectivity index (χ1n) is 7.02. The molecule has 0 amide bonds. The van der Waals surface area contributed by atoms with Crippen LogP contribution in [0, 0.1) is 10.1 Å². The minimum Gasteiger partial charge on any atom is -0.385 e. The Bertz CT molecular complexity index is 641. The summed E-state index contributed by atoms with van der Waals surface area (Å²) in [6.07, 6.45) is 0.901. The molecule has 0 aliphatic rings. The summed E-state index contributed by atoms with van der Waals surface area (Å²) in [5.41, 5.74) is 3.67. The van der Waals surface area contributed by atoms with Gasteiger partial charge >= 0.3 is 0 Å². The lowest BCUT2D eigenvalue weighted by atomic mass is 10.1. The van der Waals surface area contributed by atoms with E-state index in [9.17, 15) is 10.1 Å². The number of nitro benzene ring substituents is 1. The van der Waals surface area contributed by atoms with Gasteiger partial charge in [-0.2, -0.15) is 0 Å². The van der Waals surface area contributed by atoms with Crippen molar-refractivity contribution < 1.29 is 4.92 Å². The maximum absolute atomic E-state index is 11.0. The summed E-state index contributed by atoms with van der Waals surface area (Å²) in [5, 5.41) is 17.4. The summed E-state index contributed by atoms with van der Waals surface area (Å²) < 4.78 is 0. The topological polar surface area (TPSA) is 67.2 Å². The van der Waals surface area contributed by atoms with Crippen molar-refractivity contribution in [3.05, 3.63) is 58.1 Å². The number of hydrogen-bond acceptors (Lipinski definition) is 4. The van der Waals surface area contributed by atoms with Gasteiger partial charge in [-0.1, -0.05) is 25.1 Å². The lowest BCUT2D eigenvalue weighted by Gasteiger charge is -2.12. The Morgan fingerprint density at radius 3 is 2.48 bits per heavy atom. The monoisotopic (exact) mass is 285 g/mol. The van der Waals surface area contributed by atoms with Crippen molar-refractivity contribution in [2.45, 2.75) is 20.3 Å². The zero-order valence-electron chi connectivity index (χ0n) is 12.2. The molecule has 2 aromatic carbocycles. The molecule has 0 aliphatic carbocycles. The van der Waals surface area contributed by atoms with Gasteiger partial charge in [-0.15, -0.1) is 0 Å².